The number of aromatic nitrogens is 6. The number of alkyl halides is 3. The topological polar surface area (TPSA) is 75.3 Å². The first-order valence-electron chi connectivity index (χ1n) is 10.5. The van der Waals surface area contributed by atoms with Gasteiger partial charge in [0.05, 0.1) is 11.4 Å². The minimum absolute atomic E-state index is 0.104. The zero-order valence-corrected chi connectivity index (χ0v) is 17.9. The monoisotopic (exact) mass is 454 g/mol. The Bertz CT molecular complexity index is 1260. The summed E-state index contributed by atoms with van der Waals surface area (Å²) in [5, 5.41) is 3.58. The van der Waals surface area contributed by atoms with Crippen molar-refractivity contribution in [1.82, 2.24) is 34.4 Å². The number of rotatable bonds is 4. The van der Waals surface area contributed by atoms with E-state index in [2.05, 4.69) is 47.0 Å². The Hall–Kier alpha value is -3.60. The lowest BCUT2D eigenvalue weighted by Gasteiger charge is -2.34. The van der Waals surface area contributed by atoms with E-state index in [9.17, 15) is 13.2 Å². The molecule has 1 aliphatic heterocycles. The van der Waals surface area contributed by atoms with Gasteiger partial charge >= 0.3 is 6.18 Å². The van der Waals surface area contributed by atoms with Crippen molar-refractivity contribution in [2.75, 3.05) is 31.1 Å². The largest absolute Gasteiger partial charge is 0.453 e. The van der Waals surface area contributed by atoms with Gasteiger partial charge in [-0.2, -0.15) is 18.2 Å². The summed E-state index contributed by atoms with van der Waals surface area (Å²) in [6.07, 6.45) is -1.51. The zero-order valence-electron chi connectivity index (χ0n) is 17.9. The maximum Gasteiger partial charge on any atom is 0.453 e. The van der Waals surface area contributed by atoms with Gasteiger partial charge in [0, 0.05) is 50.7 Å². The van der Waals surface area contributed by atoms with Crippen molar-refractivity contribution in [3.8, 4) is 11.3 Å². The van der Waals surface area contributed by atoms with Gasteiger partial charge < -0.3 is 4.90 Å². The fraction of sp³-hybridized carbons (Fsp3) is 0.318. The van der Waals surface area contributed by atoms with Crippen molar-refractivity contribution < 1.29 is 13.2 Å². The molecule has 4 aromatic rings. The molecule has 1 saturated heterocycles. The molecule has 0 spiro atoms. The van der Waals surface area contributed by atoms with Crippen LogP contribution in [-0.4, -0.2) is 60.6 Å². The van der Waals surface area contributed by atoms with E-state index in [1.165, 1.54) is 11.8 Å². The molecule has 8 nitrogen and oxygen atoms in total. The average molecular weight is 454 g/mol. The Labute approximate surface area is 187 Å². The first-order chi connectivity index (χ1) is 15.9. The lowest BCUT2D eigenvalue weighted by Crippen LogP contribution is -2.46. The van der Waals surface area contributed by atoms with Gasteiger partial charge in [-0.05, 0) is 18.6 Å². The first-order valence-corrected chi connectivity index (χ1v) is 10.5. The number of aryl methyl sites for hydroxylation is 1. The molecule has 11 heteroatoms. The standard InChI is InChI=1S/C22H21F3N8/c1-15-17(13-27-21-29-19(22(23,24)25)30-33(15)21)18-7-8-26-20(28-18)32-11-9-31(10-12-32)14-16-5-3-2-4-6-16/h2-8,13H,9-12,14H2,1H3. The van der Waals surface area contributed by atoms with E-state index in [-0.39, 0.29) is 5.78 Å². The molecule has 33 heavy (non-hydrogen) atoms. The van der Waals surface area contributed by atoms with Crippen molar-refractivity contribution in [3.05, 3.63) is 65.9 Å². The Kier molecular flexibility index (Phi) is 5.41. The first kappa shape index (κ1) is 21.3. The third kappa shape index (κ3) is 4.36. The van der Waals surface area contributed by atoms with Gasteiger partial charge in [-0.3, -0.25) is 4.90 Å². The highest BCUT2D eigenvalue weighted by Gasteiger charge is 2.36. The van der Waals surface area contributed by atoms with Crippen LogP contribution in [0, 0.1) is 6.92 Å². The molecule has 5 rings (SSSR count). The van der Waals surface area contributed by atoms with Gasteiger partial charge in [0.15, 0.2) is 0 Å². The van der Waals surface area contributed by atoms with Crippen LogP contribution in [0.1, 0.15) is 17.1 Å². The summed E-state index contributed by atoms with van der Waals surface area (Å²) in [4.78, 5) is 21.1. The van der Waals surface area contributed by atoms with Crippen molar-refractivity contribution >= 4 is 11.7 Å². The summed E-state index contributed by atoms with van der Waals surface area (Å²) >= 11 is 0. The van der Waals surface area contributed by atoms with Crippen LogP contribution in [0.5, 0.6) is 0 Å². The van der Waals surface area contributed by atoms with Crippen molar-refractivity contribution in [2.24, 2.45) is 0 Å². The second-order valence-electron chi connectivity index (χ2n) is 7.89. The summed E-state index contributed by atoms with van der Waals surface area (Å²) in [6, 6.07) is 12.1. The number of nitrogens with zero attached hydrogens (tertiary/aromatic N) is 8. The molecule has 0 radical (unpaired) electrons. The van der Waals surface area contributed by atoms with Crippen LogP contribution >= 0.6 is 0 Å². The van der Waals surface area contributed by atoms with Crippen molar-refractivity contribution in [1.29, 1.82) is 0 Å². The molecule has 170 valence electrons. The summed E-state index contributed by atoms with van der Waals surface area (Å²) in [7, 11) is 0. The number of halogens is 3. The Balaban J connectivity index is 1.34. The van der Waals surface area contributed by atoms with E-state index in [0.717, 1.165) is 37.2 Å². The molecule has 3 aromatic heterocycles. The molecular weight excluding hydrogens is 433 g/mol. The predicted molar refractivity (Wildman–Crippen MR) is 115 cm³/mol. The highest BCUT2D eigenvalue weighted by molar-refractivity contribution is 5.63. The number of fused-ring (bicyclic) bond motifs is 1. The average Bonchev–Trinajstić information content (AvgIpc) is 3.27. The van der Waals surface area contributed by atoms with E-state index >= 15 is 0 Å². The lowest BCUT2D eigenvalue weighted by molar-refractivity contribution is -0.144. The molecule has 4 heterocycles. The molecule has 1 fully saturated rings. The van der Waals surface area contributed by atoms with Crippen LogP contribution in [0.15, 0.2) is 48.8 Å². The van der Waals surface area contributed by atoms with E-state index in [4.69, 9.17) is 0 Å². The maximum absolute atomic E-state index is 13.0. The second-order valence-corrected chi connectivity index (χ2v) is 7.89. The molecule has 1 aromatic carbocycles. The summed E-state index contributed by atoms with van der Waals surface area (Å²) in [5.41, 5.74) is 2.90. The highest BCUT2D eigenvalue weighted by atomic mass is 19.4. The van der Waals surface area contributed by atoms with Gasteiger partial charge in [0.25, 0.3) is 11.6 Å². The maximum atomic E-state index is 13.0. The molecule has 0 amide bonds. The van der Waals surface area contributed by atoms with Gasteiger partial charge in [0.2, 0.25) is 5.95 Å². The molecule has 0 saturated carbocycles. The molecule has 0 N–H and O–H groups in total. The summed E-state index contributed by atoms with van der Waals surface area (Å²) < 4.78 is 40.1. The zero-order chi connectivity index (χ0) is 23.0. The lowest BCUT2D eigenvalue weighted by atomic mass is 10.2. The third-order valence-electron chi connectivity index (χ3n) is 5.68. The second kappa shape index (κ2) is 8.39. The Morgan fingerprint density at radius 3 is 2.42 bits per heavy atom. The summed E-state index contributed by atoms with van der Waals surface area (Å²) in [6.45, 7) is 5.90. The molecule has 1 aliphatic rings. The van der Waals surface area contributed by atoms with Crippen LogP contribution in [0.25, 0.3) is 17.0 Å². The normalized spacial score (nSPS) is 15.3. The van der Waals surface area contributed by atoms with Gasteiger partial charge in [-0.25, -0.2) is 19.5 Å². The Morgan fingerprint density at radius 1 is 0.939 bits per heavy atom. The predicted octanol–water partition coefficient (Wildman–Crippen LogP) is 3.23. The fourth-order valence-corrected chi connectivity index (χ4v) is 3.91. The molecule has 0 unspecified atom stereocenters. The minimum Gasteiger partial charge on any atom is -0.338 e. The van der Waals surface area contributed by atoms with E-state index in [0.29, 0.717) is 22.9 Å². The SMILES string of the molecule is Cc1c(-c2ccnc(N3CCN(Cc4ccccc4)CC3)n2)cnc2nc(C(F)(F)F)nn12. The third-order valence-corrected chi connectivity index (χ3v) is 5.68. The van der Waals surface area contributed by atoms with Crippen molar-refractivity contribution in [3.63, 3.8) is 0 Å². The quantitative estimate of drug-likeness (QED) is 0.469. The van der Waals surface area contributed by atoms with E-state index < -0.39 is 12.0 Å². The number of anilines is 1. The molecular formula is C22H21F3N8. The van der Waals surface area contributed by atoms with E-state index in [1.54, 1.807) is 19.2 Å². The van der Waals surface area contributed by atoms with Crippen LogP contribution < -0.4 is 4.90 Å². The van der Waals surface area contributed by atoms with Gasteiger partial charge in [-0.1, -0.05) is 30.3 Å². The van der Waals surface area contributed by atoms with Crippen LogP contribution in [0.2, 0.25) is 0 Å². The minimum atomic E-state index is -4.63. The van der Waals surface area contributed by atoms with E-state index in [1.807, 2.05) is 18.2 Å². The number of hydrogen-bond donors (Lipinski definition) is 0. The van der Waals surface area contributed by atoms with Gasteiger partial charge in [-0.15, -0.1) is 5.10 Å². The number of piperazine rings is 1. The fourth-order valence-electron chi connectivity index (χ4n) is 3.91. The van der Waals surface area contributed by atoms with Crippen LogP contribution in [0.3, 0.4) is 0 Å². The Morgan fingerprint density at radius 2 is 1.70 bits per heavy atom. The highest BCUT2D eigenvalue weighted by Crippen LogP contribution is 2.28. The smallest absolute Gasteiger partial charge is 0.338 e. The molecule has 0 aliphatic carbocycles. The number of hydrogen-bond acceptors (Lipinski definition) is 7. The van der Waals surface area contributed by atoms with Crippen LogP contribution in [-0.2, 0) is 12.7 Å². The number of benzene rings is 1. The van der Waals surface area contributed by atoms with Gasteiger partial charge in [0.1, 0.15) is 0 Å². The molecule has 0 bridgehead atoms. The van der Waals surface area contributed by atoms with Crippen molar-refractivity contribution in [2.45, 2.75) is 19.6 Å². The molecule has 0 atom stereocenters. The summed E-state index contributed by atoms with van der Waals surface area (Å²) in [5.74, 6) is -0.736. The van der Waals surface area contributed by atoms with Crippen LogP contribution in [0.4, 0.5) is 19.1 Å².